The highest BCUT2D eigenvalue weighted by Crippen LogP contribution is 2.38. The monoisotopic (exact) mass is 382 g/mol. The lowest BCUT2D eigenvalue weighted by atomic mass is 9.81. The van der Waals surface area contributed by atoms with Crippen molar-refractivity contribution in [3.63, 3.8) is 0 Å². The molecule has 0 radical (unpaired) electrons. The molecule has 2 saturated carbocycles. The molecule has 3 fully saturated rings. The summed E-state index contributed by atoms with van der Waals surface area (Å²) in [6, 6.07) is 3.93. The molecule has 1 aliphatic heterocycles. The second kappa shape index (κ2) is 7.25. The van der Waals surface area contributed by atoms with Crippen LogP contribution in [0, 0.1) is 5.92 Å². The van der Waals surface area contributed by atoms with Gasteiger partial charge in [0.2, 0.25) is 11.7 Å². The van der Waals surface area contributed by atoms with Gasteiger partial charge in [0.15, 0.2) is 0 Å². The van der Waals surface area contributed by atoms with Crippen molar-refractivity contribution >= 4 is 5.91 Å². The molecule has 1 amide bonds. The Bertz CT molecular complexity index is 828. The number of carbonyl (C=O) groups is 1. The van der Waals surface area contributed by atoms with Crippen molar-refractivity contribution in [1.29, 1.82) is 0 Å². The molecule has 8 heteroatoms. The van der Waals surface area contributed by atoms with E-state index in [0.717, 1.165) is 44.1 Å². The maximum absolute atomic E-state index is 13.0. The number of hydrogen-bond donors (Lipinski definition) is 3. The Morgan fingerprint density at radius 2 is 2.07 bits per heavy atom. The zero-order chi connectivity index (χ0) is 19.0. The van der Waals surface area contributed by atoms with E-state index < -0.39 is 5.54 Å². The number of hydrogen-bond acceptors (Lipinski definition) is 7. The van der Waals surface area contributed by atoms with Crippen LogP contribution >= 0.6 is 0 Å². The highest BCUT2D eigenvalue weighted by Gasteiger charge is 2.44. The predicted molar refractivity (Wildman–Crippen MR) is 102 cm³/mol. The van der Waals surface area contributed by atoms with E-state index in [-0.39, 0.29) is 11.9 Å². The van der Waals surface area contributed by atoms with Crippen LogP contribution in [0.25, 0.3) is 11.4 Å². The van der Waals surface area contributed by atoms with E-state index in [4.69, 9.17) is 4.52 Å². The maximum atomic E-state index is 13.0. The van der Waals surface area contributed by atoms with E-state index in [1.165, 1.54) is 12.8 Å². The van der Waals surface area contributed by atoms with Crippen molar-refractivity contribution < 1.29 is 9.32 Å². The molecule has 2 atom stereocenters. The first-order chi connectivity index (χ1) is 13.7. The molecule has 0 bridgehead atoms. The van der Waals surface area contributed by atoms with Gasteiger partial charge in [-0.2, -0.15) is 4.98 Å². The number of carbonyl (C=O) groups excluding carboxylic acids is 1. The zero-order valence-corrected chi connectivity index (χ0v) is 15.9. The van der Waals surface area contributed by atoms with Gasteiger partial charge in [0.1, 0.15) is 11.6 Å². The Morgan fingerprint density at radius 1 is 1.21 bits per heavy atom. The maximum Gasteiger partial charge on any atom is 0.252 e. The van der Waals surface area contributed by atoms with Crippen molar-refractivity contribution in [1.82, 2.24) is 31.3 Å². The fourth-order valence-corrected chi connectivity index (χ4v) is 4.46. The first kappa shape index (κ1) is 17.8. The summed E-state index contributed by atoms with van der Waals surface area (Å²) in [7, 11) is 0. The summed E-state index contributed by atoms with van der Waals surface area (Å²) in [6.07, 6.45) is 11.6. The van der Waals surface area contributed by atoms with Crippen LogP contribution in [0.3, 0.4) is 0 Å². The third-order valence-electron chi connectivity index (χ3n) is 6.26. The Hall–Kier alpha value is -2.32. The average molecular weight is 382 g/mol. The van der Waals surface area contributed by atoms with E-state index in [1.54, 1.807) is 12.4 Å². The number of pyridine rings is 1. The number of nitrogens with one attached hydrogen (secondary N) is 3. The summed E-state index contributed by atoms with van der Waals surface area (Å²) in [5.41, 5.74) is 6.70. The molecule has 28 heavy (non-hydrogen) atoms. The lowest BCUT2D eigenvalue weighted by Crippen LogP contribution is -2.53. The van der Waals surface area contributed by atoms with Crippen LogP contribution in [0.5, 0.6) is 0 Å². The second-order valence-corrected chi connectivity index (χ2v) is 8.32. The minimum Gasteiger partial charge on any atom is -0.340 e. The molecule has 8 nitrogen and oxygen atoms in total. The van der Waals surface area contributed by atoms with Gasteiger partial charge >= 0.3 is 0 Å². The lowest BCUT2D eigenvalue weighted by molar-refractivity contribution is -0.126. The van der Waals surface area contributed by atoms with Crippen LogP contribution in [-0.2, 0) is 10.3 Å². The largest absolute Gasteiger partial charge is 0.340 e. The van der Waals surface area contributed by atoms with Crippen LogP contribution in [0.4, 0.5) is 0 Å². The summed E-state index contributed by atoms with van der Waals surface area (Å²) in [4.78, 5) is 21.8. The zero-order valence-electron chi connectivity index (χ0n) is 15.9. The van der Waals surface area contributed by atoms with Crippen molar-refractivity contribution in [2.24, 2.45) is 5.92 Å². The molecular formula is C20H26N6O2. The van der Waals surface area contributed by atoms with Crippen LogP contribution in [0.2, 0.25) is 0 Å². The molecule has 3 aliphatic rings. The van der Waals surface area contributed by atoms with Gasteiger partial charge in [0.05, 0.1) is 0 Å². The topological polar surface area (TPSA) is 105 Å². The summed E-state index contributed by atoms with van der Waals surface area (Å²) in [5.74, 6) is 1.74. The fourth-order valence-electron chi connectivity index (χ4n) is 4.46. The molecule has 1 saturated heterocycles. The molecular weight excluding hydrogens is 356 g/mol. The first-order valence-corrected chi connectivity index (χ1v) is 10.3. The molecule has 2 aromatic rings. The number of aromatic nitrogens is 3. The number of nitrogens with zero attached hydrogens (tertiary/aromatic N) is 3. The van der Waals surface area contributed by atoms with Crippen molar-refractivity contribution in [3.8, 4) is 11.4 Å². The highest BCUT2D eigenvalue weighted by molar-refractivity contribution is 5.83. The second-order valence-electron chi connectivity index (χ2n) is 8.32. The first-order valence-electron chi connectivity index (χ1n) is 10.3. The number of rotatable bonds is 5. The Labute approximate surface area is 163 Å². The molecule has 3 N–H and O–H groups in total. The normalized spacial score (nSPS) is 26.9. The Balaban J connectivity index is 1.35. The molecule has 5 rings (SSSR count). The van der Waals surface area contributed by atoms with Gasteiger partial charge in [0.25, 0.3) is 5.89 Å². The van der Waals surface area contributed by atoms with Gasteiger partial charge in [-0.25, -0.2) is 5.43 Å². The SMILES string of the molecule is O=C(NC1(c2nc(-c3cccnc3)no2)CCCCC1)C1CC(C2CC2)NN1. The van der Waals surface area contributed by atoms with Crippen LogP contribution < -0.4 is 16.2 Å². The van der Waals surface area contributed by atoms with Gasteiger partial charge < -0.3 is 9.84 Å². The lowest BCUT2D eigenvalue weighted by Gasteiger charge is -2.35. The van der Waals surface area contributed by atoms with Crippen molar-refractivity contribution in [3.05, 3.63) is 30.4 Å². The fraction of sp³-hybridized carbons (Fsp3) is 0.600. The quantitative estimate of drug-likeness (QED) is 0.727. The number of amides is 1. The van der Waals surface area contributed by atoms with Crippen molar-refractivity contribution in [2.45, 2.75) is 69.0 Å². The van der Waals surface area contributed by atoms with Crippen LogP contribution in [-0.4, -0.2) is 33.1 Å². The van der Waals surface area contributed by atoms with E-state index in [0.29, 0.717) is 23.7 Å². The highest BCUT2D eigenvalue weighted by atomic mass is 16.5. The van der Waals surface area contributed by atoms with Crippen molar-refractivity contribution in [2.75, 3.05) is 0 Å². The van der Waals surface area contributed by atoms with Gasteiger partial charge in [-0.1, -0.05) is 24.4 Å². The summed E-state index contributed by atoms with van der Waals surface area (Å²) >= 11 is 0. The molecule has 0 spiro atoms. The van der Waals surface area contributed by atoms with E-state index >= 15 is 0 Å². The standard InChI is InChI=1S/C20H26N6O2/c27-18(16-11-15(24-25-16)13-6-7-13)23-20(8-2-1-3-9-20)19-22-17(26-28-19)14-5-4-10-21-12-14/h4-5,10,12-13,15-16,24-25H,1-3,6-9,11H2,(H,23,27). The van der Waals surface area contributed by atoms with Gasteiger partial charge in [-0.15, -0.1) is 0 Å². The molecule has 3 heterocycles. The van der Waals surface area contributed by atoms with E-state index in [9.17, 15) is 4.79 Å². The summed E-state index contributed by atoms with van der Waals surface area (Å²) in [6.45, 7) is 0. The molecule has 148 valence electrons. The molecule has 0 aromatic carbocycles. The molecule has 2 aromatic heterocycles. The van der Waals surface area contributed by atoms with E-state index in [2.05, 4.69) is 31.3 Å². The minimum absolute atomic E-state index is 0.0127. The van der Waals surface area contributed by atoms with Gasteiger partial charge in [-0.05, 0) is 50.2 Å². The average Bonchev–Trinajstić information content (AvgIpc) is 3.26. The van der Waals surface area contributed by atoms with E-state index in [1.807, 2.05) is 12.1 Å². The molecule has 2 aliphatic carbocycles. The third kappa shape index (κ3) is 3.42. The summed E-state index contributed by atoms with van der Waals surface area (Å²) in [5, 5.41) is 7.43. The van der Waals surface area contributed by atoms with Gasteiger partial charge in [0, 0.05) is 24.0 Å². The third-order valence-corrected chi connectivity index (χ3v) is 6.26. The summed E-state index contributed by atoms with van der Waals surface area (Å²) < 4.78 is 5.66. The predicted octanol–water partition coefficient (Wildman–Crippen LogP) is 2.05. The minimum atomic E-state index is -0.581. The smallest absolute Gasteiger partial charge is 0.252 e. The van der Waals surface area contributed by atoms with Gasteiger partial charge in [-0.3, -0.25) is 15.2 Å². The Morgan fingerprint density at radius 3 is 2.82 bits per heavy atom. The van der Waals surface area contributed by atoms with Crippen LogP contribution in [0.15, 0.2) is 29.0 Å². The number of hydrazine groups is 1. The van der Waals surface area contributed by atoms with Crippen LogP contribution in [0.1, 0.15) is 57.3 Å². The molecule has 2 unspecified atom stereocenters. The Kier molecular flexibility index (Phi) is 4.60.